The van der Waals surface area contributed by atoms with Crippen LogP contribution in [0.2, 0.25) is 0 Å². The third-order valence-electron chi connectivity index (χ3n) is 6.26. The molecule has 0 unspecified atom stereocenters. The first kappa shape index (κ1) is 22.7. The molecule has 0 spiro atoms. The van der Waals surface area contributed by atoms with Gasteiger partial charge in [0.2, 0.25) is 5.91 Å². The van der Waals surface area contributed by atoms with E-state index in [2.05, 4.69) is 10.3 Å². The van der Waals surface area contributed by atoms with E-state index in [1.165, 1.54) is 12.1 Å². The van der Waals surface area contributed by atoms with Gasteiger partial charge in [-0.2, -0.15) is 13.2 Å². The number of benzene rings is 1. The molecular weight excluding hydrogens is 437 g/mol. The first-order valence-electron chi connectivity index (χ1n) is 10.1. The maximum atomic E-state index is 14.0. The first-order chi connectivity index (χ1) is 15.1. The fourth-order valence-corrected chi connectivity index (χ4v) is 4.76. The van der Waals surface area contributed by atoms with E-state index in [9.17, 15) is 31.9 Å². The van der Waals surface area contributed by atoms with Gasteiger partial charge in [0, 0.05) is 23.4 Å². The highest BCUT2D eigenvalue weighted by molar-refractivity contribution is 5.79. The third-order valence-corrected chi connectivity index (χ3v) is 6.26. The summed E-state index contributed by atoms with van der Waals surface area (Å²) in [5, 5.41) is 12.3. The molecule has 0 saturated heterocycles. The molecule has 4 saturated carbocycles. The van der Waals surface area contributed by atoms with Crippen LogP contribution in [0.1, 0.15) is 32.1 Å². The molecule has 4 aliphatic rings. The lowest BCUT2D eigenvalue weighted by atomic mass is 9.44. The van der Waals surface area contributed by atoms with Crippen molar-refractivity contribution in [3.8, 4) is 11.3 Å². The van der Waals surface area contributed by atoms with Crippen molar-refractivity contribution >= 4 is 5.91 Å². The molecule has 1 aromatic heterocycles. The Morgan fingerprint density at radius 1 is 1.25 bits per heavy atom. The van der Waals surface area contributed by atoms with Crippen molar-refractivity contribution in [2.45, 2.75) is 62.1 Å². The van der Waals surface area contributed by atoms with Gasteiger partial charge in [0.25, 0.3) is 0 Å². The van der Waals surface area contributed by atoms with E-state index in [4.69, 9.17) is 4.74 Å². The Morgan fingerprint density at radius 2 is 1.91 bits per heavy atom. The van der Waals surface area contributed by atoms with Gasteiger partial charge >= 0.3 is 6.68 Å². The summed E-state index contributed by atoms with van der Waals surface area (Å²) in [5.41, 5.74) is 0.462. The predicted molar refractivity (Wildman–Crippen MR) is 102 cm³/mol. The second kappa shape index (κ2) is 8.43. The monoisotopic (exact) mass is 459 g/mol. The summed E-state index contributed by atoms with van der Waals surface area (Å²) in [6.45, 7) is -3.65. The van der Waals surface area contributed by atoms with E-state index in [0.29, 0.717) is 18.5 Å². The van der Waals surface area contributed by atoms with Gasteiger partial charge in [0.05, 0.1) is 29.8 Å². The largest absolute Gasteiger partial charge is 0.393 e. The van der Waals surface area contributed by atoms with Crippen LogP contribution in [0, 0.1) is 11.6 Å². The minimum atomic E-state index is -3.67. The average Bonchev–Trinajstić information content (AvgIpc) is 3.08. The van der Waals surface area contributed by atoms with Crippen molar-refractivity contribution in [1.82, 2.24) is 14.9 Å². The highest BCUT2D eigenvalue weighted by Crippen LogP contribution is 2.65. The number of nitrogens with one attached hydrogen (secondary N) is 1. The summed E-state index contributed by atoms with van der Waals surface area (Å²) in [7, 11) is 0. The Bertz CT molecular complexity index is 970. The quantitative estimate of drug-likeness (QED) is 0.651. The molecule has 1 heterocycles. The van der Waals surface area contributed by atoms with Crippen molar-refractivity contribution in [2.24, 2.45) is 0 Å². The fraction of sp³-hybridized carbons (Fsp3) is 0.524. The summed E-state index contributed by atoms with van der Waals surface area (Å²) in [6, 6.07) is 3.46. The molecule has 4 aliphatic carbocycles. The fourth-order valence-electron chi connectivity index (χ4n) is 4.76. The molecule has 2 N–H and O–H groups in total. The van der Waals surface area contributed by atoms with Crippen LogP contribution in [0.5, 0.6) is 0 Å². The van der Waals surface area contributed by atoms with Gasteiger partial charge in [-0.15, -0.1) is 0 Å². The number of hydrogen-bond donors (Lipinski definition) is 2. The van der Waals surface area contributed by atoms with Crippen LogP contribution in [0.4, 0.5) is 22.0 Å². The van der Waals surface area contributed by atoms with Crippen molar-refractivity contribution in [1.29, 1.82) is 0 Å². The van der Waals surface area contributed by atoms with Crippen LogP contribution in [0.15, 0.2) is 30.7 Å². The van der Waals surface area contributed by atoms with Gasteiger partial charge in [-0.3, -0.25) is 4.79 Å². The lowest BCUT2D eigenvalue weighted by molar-refractivity contribution is -0.162. The third kappa shape index (κ3) is 4.49. The molecular formula is C21H22F5N3O3. The van der Waals surface area contributed by atoms with Gasteiger partial charge in [-0.25, -0.2) is 13.8 Å². The number of amides is 1. The van der Waals surface area contributed by atoms with Gasteiger partial charge in [-0.1, -0.05) is 0 Å². The SMILES string of the molecule is FC(F)F.O=C(COC1CC(O)C1)NC12CC(n3cnc(-c4ccc(F)cc4F)c3)(C1)C2. The molecule has 6 rings (SSSR count). The van der Waals surface area contributed by atoms with E-state index >= 15 is 0 Å². The summed E-state index contributed by atoms with van der Waals surface area (Å²) in [6.07, 6.45) is 6.74. The zero-order valence-electron chi connectivity index (χ0n) is 16.9. The standard InChI is InChI=1S/C20H21F2N3O3.CHF3/c21-12-1-2-15(16(22)3-12)17-6-25(11-23-17)20-8-19(9-20,10-20)24-18(27)7-28-14-4-13(26)5-14;2-1(3)4/h1-3,6,11,13-14,26H,4-5,7-10H2,(H,24,27);1H. The Balaban J connectivity index is 0.000000567. The number of halogens is 5. The van der Waals surface area contributed by atoms with E-state index in [1.807, 2.05) is 4.57 Å². The van der Waals surface area contributed by atoms with Crippen LogP contribution in [0.3, 0.4) is 0 Å². The number of nitrogens with zero attached hydrogens (tertiary/aromatic N) is 2. The molecule has 0 radical (unpaired) electrons. The molecule has 1 amide bonds. The molecule has 0 atom stereocenters. The predicted octanol–water partition coefficient (Wildman–Crippen LogP) is 3.29. The molecule has 11 heteroatoms. The van der Waals surface area contributed by atoms with Gasteiger partial charge in [-0.05, 0) is 44.2 Å². The molecule has 2 aromatic rings. The van der Waals surface area contributed by atoms with Gasteiger partial charge in [0.15, 0.2) is 0 Å². The number of carbonyl (C=O) groups excluding carboxylic acids is 1. The van der Waals surface area contributed by atoms with Crippen molar-refractivity contribution in [2.75, 3.05) is 6.61 Å². The number of alkyl halides is 3. The molecule has 4 fully saturated rings. The molecule has 1 aromatic carbocycles. The first-order valence-corrected chi connectivity index (χ1v) is 10.1. The maximum absolute atomic E-state index is 14.0. The molecule has 6 nitrogen and oxygen atoms in total. The number of aromatic nitrogens is 2. The minimum Gasteiger partial charge on any atom is -0.393 e. The minimum absolute atomic E-state index is 0.0173. The van der Waals surface area contributed by atoms with Crippen molar-refractivity contribution in [3.63, 3.8) is 0 Å². The normalized spacial score (nSPS) is 29.8. The summed E-state index contributed by atoms with van der Waals surface area (Å²) < 4.78 is 63.5. The number of rotatable bonds is 6. The molecule has 174 valence electrons. The zero-order chi connectivity index (χ0) is 23.1. The number of aliphatic hydroxyl groups is 1. The number of aliphatic hydroxyl groups excluding tert-OH is 1. The second-order valence-electron chi connectivity index (χ2n) is 8.68. The average molecular weight is 459 g/mol. The van der Waals surface area contributed by atoms with Crippen LogP contribution in [-0.4, -0.2) is 51.6 Å². The van der Waals surface area contributed by atoms with Crippen molar-refractivity contribution < 1.29 is 36.6 Å². The van der Waals surface area contributed by atoms with E-state index in [0.717, 1.165) is 25.3 Å². The van der Waals surface area contributed by atoms with Gasteiger partial charge in [0.1, 0.15) is 18.2 Å². The topological polar surface area (TPSA) is 76.4 Å². The Hall–Kier alpha value is -2.53. The smallest absolute Gasteiger partial charge is 0.379 e. The summed E-state index contributed by atoms with van der Waals surface area (Å²) in [4.78, 5) is 16.4. The van der Waals surface area contributed by atoms with Gasteiger partial charge < -0.3 is 19.7 Å². The van der Waals surface area contributed by atoms with Crippen LogP contribution >= 0.6 is 0 Å². The van der Waals surface area contributed by atoms with E-state index < -0.39 is 18.3 Å². The number of carbonyl (C=O) groups is 1. The second-order valence-corrected chi connectivity index (χ2v) is 8.68. The molecule has 0 aliphatic heterocycles. The Kier molecular flexibility index (Phi) is 5.97. The highest BCUT2D eigenvalue weighted by Gasteiger charge is 2.69. The van der Waals surface area contributed by atoms with Crippen molar-refractivity contribution in [3.05, 3.63) is 42.4 Å². The van der Waals surface area contributed by atoms with Crippen LogP contribution < -0.4 is 5.32 Å². The van der Waals surface area contributed by atoms with Crippen LogP contribution in [-0.2, 0) is 15.1 Å². The Morgan fingerprint density at radius 3 is 2.50 bits per heavy atom. The summed E-state index contributed by atoms with van der Waals surface area (Å²) >= 11 is 0. The lowest BCUT2D eigenvalue weighted by Gasteiger charge is -2.70. The zero-order valence-corrected chi connectivity index (χ0v) is 16.9. The number of imidazole rings is 1. The van der Waals surface area contributed by atoms with Crippen LogP contribution in [0.25, 0.3) is 11.3 Å². The number of ether oxygens (including phenoxy) is 1. The number of hydrogen-bond acceptors (Lipinski definition) is 4. The molecule has 2 bridgehead atoms. The molecule has 32 heavy (non-hydrogen) atoms. The van der Waals surface area contributed by atoms with E-state index in [-0.39, 0.29) is 41.4 Å². The van der Waals surface area contributed by atoms with E-state index in [1.54, 1.807) is 12.5 Å². The summed E-state index contributed by atoms with van der Waals surface area (Å²) in [5.74, 6) is -1.38. The Labute approximate surface area is 180 Å². The highest BCUT2D eigenvalue weighted by atomic mass is 19.4. The lowest BCUT2D eigenvalue weighted by Crippen LogP contribution is -2.78. The maximum Gasteiger partial charge on any atom is 0.379 e.